The van der Waals surface area contributed by atoms with Gasteiger partial charge in [0.15, 0.2) is 0 Å². The standard InChI is InChI=1S/C25H28N2O3S/c1-30-20-6-4-19(5-7-20)23(28)26-22(12-21-3-2-8-31-21)24(29)27-25-13-16-9-17(14-25)11-18(10-16)15-25/h2-8,12,16-18H,9-11,13-15H2,1H3,(H,26,28)(H,27,29)/b22-12-. The van der Waals surface area contributed by atoms with Crippen LogP contribution in [-0.4, -0.2) is 24.5 Å². The Labute approximate surface area is 186 Å². The minimum atomic E-state index is -0.300. The van der Waals surface area contributed by atoms with Gasteiger partial charge in [-0.3, -0.25) is 9.59 Å². The average Bonchev–Trinajstić information content (AvgIpc) is 3.25. The minimum absolute atomic E-state index is 0.106. The van der Waals surface area contributed by atoms with Crippen molar-refractivity contribution in [3.05, 3.63) is 57.9 Å². The number of carbonyl (C=O) groups is 2. The molecule has 0 unspecified atom stereocenters. The predicted octanol–water partition coefficient (Wildman–Crippen LogP) is 4.61. The number of nitrogens with one attached hydrogen (secondary N) is 2. The molecule has 4 fully saturated rings. The van der Waals surface area contributed by atoms with Gasteiger partial charge in [-0.2, -0.15) is 0 Å². The van der Waals surface area contributed by atoms with E-state index in [0.717, 1.165) is 41.9 Å². The van der Waals surface area contributed by atoms with Crippen molar-refractivity contribution in [2.24, 2.45) is 17.8 Å². The number of thiophene rings is 1. The zero-order valence-corrected chi connectivity index (χ0v) is 18.5. The fourth-order valence-electron chi connectivity index (χ4n) is 6.18. The summed E-state index contributed by atoms with van der Waals surface area (Å²) in [6.07, 6.45) is 8.96. The lowest BCUT2D eigenvalue weighted by molar-refractivity contribution is -0.123. The highest BCUT2D eigenvalue weighted by molar-refractivity contribution is 7.10. The summed E-state index contributed by atoms with van der Waals surface area (Å²) < 4.78 is 5.17. The molecule has 4 aliphatic rings. The van der Waals surface area contributed by atoms with E-state index < -0.39 is 0 Å². The zero-order valence-electron chi connectivity index (χ0n) is 17.7. The van der Waals surface area contributed by atoms with E-state index in [4.69, 9.17) is 4.74 Å². The van der Waals surface area contributed by atoms with Gasteiger partial charge >= 0.3 is 0 Å². The maximum absolute atomic E-state index is 13.4. The number of benzene rings is 1. The molecule has 2 amide bonds. The number of methoxy groups -OCH3 is 1. The van der Waals surface area contributed by atoms with Gasteiger partial charge in [-0.15, -0.1) is 11.3 Å². The van der Waals surface area contributed by atoms with Crippen LogP contribution in [0.5, 0.6) is 5.75 Å². The average molecular weight is 437 g/mol. The zero-order chi connectivity index (χ0) is 21.4. The van der Waals surface area contributed by atoms with Gasteiger partial charge in [-0.1, -0.05) is 6.07 Å². The second-order valence-corrected chi connectivity index (χ2v) is 10.4. The number of rotatable bonds is 6. The monoisotopic (exact) mass is 436 g/mol. The van der Waals surface area contributed by atoms with Crippen LogP contribution >= 0.6 is 11.3 Å². The summed E-state index contributed by atoms with van der Waals surface area (Å²) >= 11 is 1.54. The van der Waals surface area contributed by atoms with Crippen molar-refractivity contribution in [2.45, 2.75) is 44.1 Å². The second-order valence-electron chi connectivity index (χ2n) is 9.41. The molecule has 4 aliphatic carbocycles. The van der Waals surface area contributed by atoms with E-state index in [0.29, 0.717) is 17.0 Å². The van der Waals surface area contributed by atoms with Crippen LogP contribution in [0.15, 0.2) is 47.5 Å². The van der Waals surface area contributed by atoms with E-state index in [9.17, 15) is 9.59 Å². The van der Waals surface area contributed by atoms with Gasteiger partial charge in [-0.05, 0) is 98.1 Å². The first-order chi connectivity index (χ1) is 15.0. The quantitative estimate of drug-likeness (QED) is 0.650. The Morgan fingerprint density at radius 2 is 1.68 bits per heavy atom. The van der Waals surface area contributed by atoms with Crippen LogP contribution in [-0.2, 0) is 4.79 Å². The predicted molar refractivity (Wildman–Crippen MR) is 122 cm³/mol. The highest BCUT2D eigenvalue weighted by atomic mass is 32.1. The van der Waals surface area contributed by atoms with Crippen molar-refractivity contribution in [3.8, 4) is 5.75 Å². The molecule has 162 valence electrons. The van der Waals surface area contributed by atoms with Gasteiger partial charge in [-0.25, -0.2) is 0 Å². The van der Waals surface area contributed by atoms with E-state index in [2.05, 4.69) is 10.6 Å². The summed E-state index contributed by atoms with van der Waals surface area (Å²) in [5, 5.41) is 8.21. The van der Waals surface area contributed by atoms with Gasteiger partial charge in [0.2, 0.25) is 0 Å². The molecule has 31 heavy (non-hydrogen) atoms. The van der Waals surface area contributed by atoms with Crippen LogP contribution < -0.4 is 15.4 Å². The number of hydrogen-bond acceptors (Lipinski definition) is 4. The van der Waals surface area contributed by atoms with Crippen molar-refractivity contribution in [1.29, 1.82) is 0 Å². The molecule has 0 spiro atoms. The lowest BCUT2D eigenvalue weighted by Crippen LogP contribution is -2.60. The molecule has 0 aliphatic heterocycles. The number of ether oxygens (including phenoxy) is 1. The molecule has 4 saturated carbocycles. The summed E-state index contributed by atoms with van der Waals surface area (Å²) in [6.45, 7) is 0. The van der Waals surface area contributed by atoms with Crippen LogP contribution in [0.1, 0.15) is 53.8 Å². The summed E-state index contributed by atoms with van der Waals surface area (Å²) in [5.74, 6) is 2.43. The third-order valence-electron chi connectivity index (χ3n) is 7.09. The smallest absolute Gasteiger partial charge is 0.268 e. The Morgan fingerprint density at radius 3 is 2.23 bits per heavy atom. The fraction of sp³-hybridized carbons (Fsp3) is 0.440. The Balaban J connectivity index is 1.36. The first kappa shape index (κ1) is 20.3. The van der Waals surface area contributed by atoms with Crippen LogP contribution in [0, 0.1) is 17.8 Å². The Bertz CT molecular complexity index is 959. The molecule has 4 bridgehead atoms. The second kappa shape index (κ2) is 8.15. The Hall–Kier alpha value is -2.60. The largest absolute Gasteiger partial charge is 0.497 e. The van der Waals surface area contributed by atoms with Crippen molar-refractivity contribution in [1.82, 2.24) is 10.6 Å². The first-order valence-electron chi connectivity index (χ1n) is 11.0. The summed E-state index contributed by atoms with van der Waals surface area (Å²) in [6, 6.07) is 10.8. The summed E-state index contributed by atoms with van der Waals surface area (Å²) in [5.41, 5.74) is 0.685. The molecule has 2 aromatic rings. The third kappa shape index (κ3) is 4.26. The van der Waals surface area contributed by atoms with Crippen LogP contribution in [0.3, 0.4) is 0 Å². The third-order valence-corrected chi connectivity index (χ3v) is 7.91. The maximum atomic E-state index is 13.4. The molecule has 1 heterocycles. The van der Waals surface area contributed by atoms with Crippen molar-refractivity contribution in [3.63, 3.8) is 0 Å². The summed E-state index contributed by atoms with van der Waals surface area (Å²) in [4.78, 5) is 27.2. The highest BCUT2D eigenvalue weighted by Gasteiger charge is 2.51. The maximum Gasteiger partial charge on any atom is 0.268 e. The van der Waals surface area contributed by atoms with Gasteiger partial charge in [0, 0.05) is 16.0 Å². The fourth-order valence-corrected chi connectivity index (χ4v) is 6.84. The van der Waals surface area contributed by atoms with Crippen LogP contribution in [0.25, 0.3) is 6.08 Å². The van der Waals surface area contributed by atoms with E-state index in [1.54, 1.807) is 48.8 Å². The molecule has 6 rings (SSSR count). The topological polar surface area (TPSA) is 67.4 Å². The molecule has 1 aromatic heterocycles. The van der Waals surface area contributed by atoms with Gasteiger partial charge in [0.05, 0.1) is 7.11 Å². The molecule has 5 nitrogen and oxygen atoms in total. The van der Waals surface area contributed by atoms with Crippen LogP contribution in [0.4, 0.5) is 0 Å². The highest BCUT2D eigenvalue weighted by Crippen LogP contribution is 2.55. The number of hydrogen-bond donors (Lipinski definition) is 2. The molecule has 0 radical (unpaired) electrons. The minimum Gasteiger partial charge on any atom is -0.497 e. The Kier molecular flexibility index (Phi) is 5.34. The van der Waals surface area contributed by atoms with Gasteiger partial charge in [0.1, 0.15) is 11.4 Å². The van der Waals surface area contributed by atoms with E-state index in [-0.39, 0.29) is 17.4 Å². The van der Waals surface area contributed by atoms with E-state index >= 15 is 0 Å². The molecule has 2 N–H and O–H groups in total. The first-order valence-corrected chi connectivity index (χ1v) is 11.9. The molecular formula is C25H28N2O3S. The normalized spacial score (nSPS) is 28.9. The molecule has 6 heteroatoms. The van der Waals surface area contributed by atoms with E-state index in [1.165, 1.54) is 19.3 Å². The van der Waals surface area contributed by atoms with Gasteiger partial charge in [0.25, 0.3) is 11.8 Å². The van der Waals surface area contributed by atoms with Crippen LogP contribution in [0.2, 0.25) is 0 Å². The summed E-state index contributed by atoms with van der Waals surface area (Å²) in [7, 11) is 1.59. The molecule has 0 saturated heterocycles. The molecule has 1 aromatic carbocycles. The van der Waals surface area contributed by atoms with E-state index in [1.807, 2.05) is 17.5 Å². The van der Waals surface area contributed by atoms with Crippen molar-refractivity contribution < 1.29 is 14.3 Å². The molecule has 0 atom stereocenters. The van der Waals surface area contributed by atoms with Crippen molar-refractivity contribution >= 4 is 29.2 Å². The Morgan fingerprint density at radius 1 is 1.03 bits per heavy atom. The molecular weight excluding hydrogens is 408 g/mol. The SMILES string of the molecule is COc1ccc(C(=O)N/C(=C\c2cccs2)C(=O)NC23CC4CC(CC(C4)C2)C3)cc1. The number of amides is 2. The van der Waals surface area contributed by atoms with Crippen molar-refractivity contribution in [2.75, 3.05) is 7.11 Å². The lowest BCUT2D eigenvalue weighted by Gasteiger charge is -2.56. The lowest BCUT2D eigenvalue weighted by atomic mass is 9.53. The van der Waals surface area contributed by atoms with Gasteiger partial charge < -0.3 is 15.4 Å². The number of carbonyl (C=O) groups excluding carboxylic acids is 2.